The molecule has 0 saturated heterocycles. The molecule has 0 N–H and O–H groups in total. The maximum Gasteiger partial charge on any atom is 0.0619 e. The second kappa shape index (κ2) is 11.7. The van der Waals surface area contributed by atoms with Crippen molar-refractivity contribution < 1.29 is 0 Å². The molecule has 0 bridgehead atoms. The van der Waals surface area contributed by atoms with Gasteiger partial charge >= 0.3 is 0 Å². The summed E-state index contributed by atoms with van der Waals surface area (Å²) >= 11 is 0. The molecule has 3 aromatic heterocycles. The third kappa shape index (κ3) is 5.17. The van der Waals surface area contributed by atoms with Gasteiger partial charge in [0.2, 0.25) is 0 Å². The second-order valence-electron chi connectivity index (χ2n) is 12.8. The Hall–Kier alpha value is -6.32. The van der Waals surface area contributed by atoms with E-state index in [1.54, 1.807) is 0 Å². The zero-order valence-electron chi connectivity index (χ0n) is 27.4. The standard InChI is InChI=1S/C46H33N3/c1-30-26-38(22-24-47-30)34-12-8-32(9-13-34)36-16-19-42-40(28-36)18-21-44-43-20-17-37(29-45(43)49(46(42)44)41-6-4-3-5-7-41)33-10-14-35(15-11-33)39-23-25-48-31(2)27-39/h3-29H,1-2H3. The molecule has 49 heavy (non-hydrogen) atoms. The Kier molecular flexibility index (Phi) is 6.91. The lowest BCUT2D eigenvalue weighted by atomic mass is 9.97. The summed E-state index contributed by atoms with van der Waals surface area (Å²) in [5.74, 6) is 0. The molecule has 0 saturated carbocycles. The van der Waals surface area contributed by atoms with Crippen molar-refractivity contribution in [3.05, 3.63) is 175 Å². The van der Waals surface area contributed by atoms with Gasteiger partial charge < -0.3 is 4.57 Å². The van der Waals surface area contributed by atoms with Gasteiger partial charge in [-0.2, -0.15) is 0 Å². The van der Waals surface area contributed by atoms with Gasteiger partial charge in [-0.25, -0.2) is 0 Å². The van der Waals surface area contributed by atoms with Crippen molar-refractivity contribution in [1.29, 1.82) is 0 Å². The summed E-state index contributed by atoms with van der Waals surface area (Å²) in [6.07, 6.45) is 3.75. The maximum atomic E-state index is 4.36. The van der Waals surface area contributed by atoms with E-state index >= 15 is 0 Å². The van der Waals surface area contributed by atoms with Crippen LogP contribution in [0.3, 0.4) is 0 Å². The lowest BCUT2D eigenvalue weighted by Gasteiger charge is -2.12. The molecule has 0 aliphatic carbocycles. The molecule has 9 rings (SSSR count). The number of hydrogen-bond acceptors (Lipinski definition) is 2. The van der Waals surface area contributed by atoms with Gasteiger partial charge in [-0.15, -0.1) is 0 Å². The highest BCUT2D eigenvalue weighted by atomic mass is 15.0. The minimum absolute atomic E-state index is 1.02. The Morgan fingerprint density at radius 3 is 1.41 bits per heavy atom. The molecule has 3 nitrogen and oxygen atoms in total. The molecule has 0 spiro atoms. The van der Waals surface area contributed by atoms with Crippen LogP contribution in [-0.2, 0) is 0 Å². The fraction of sp³-hybridized carbons (Fsp3) is 0.0435. The van der Waals surface area contributed by atoms with Crippen LogP contribution in [0, 0.1) is 13.8 Å². The van der Waals surface area contributed by atoms with E-state index in [1.165, 1.54) is 77.1 Å². The van der Waals surface area contributed by atoms with E-state index in [0.29, 0.717) is 0 Å². The van der Waals surface area contributed by atoms with Gasteiger partial charge in [0.1, 0.15) is 0 Å². The van der Waals surface area contributed by atoms with Crippen LogP contribution in [0.4, 0.5) is 0 Å². The number of hydrogen-bond donors (Lipinski definition) is 0. The monoisotopic (exact) mass is 627 g/mol. The third-order valence-electron chi connectivity index (χ3n) is 9.65. The fourth-order valence-corrected chi connectivity index (χ4v) is 7.20. The topological polar surface area (TPSA) is 30.7 Å². The van der Waals surface area contributed by atoms with Crippen LogP contribution in [0.1, 0.15) is 11.4 Å². The number of benzene rings is 6. The highest BCUT2D eigenvalue weighted by Crippen LogP contribution is 2.39. The lowest BCUT2D eigenvalue weighted by Crippen LogP contribution is -1.94. The average Bonchev–Trinajstić information content (AvgIpc) is 3.49. The predicted molar refractivity (Wildman–Crippen MR) is 205 cm³/mol. The van der Waals surface area contributed by atoms with Crippen LogP contribution in [-0.4, -0.2) is 14.5 Å². The molecule has 0 radical (unpaired) electrons. The first-order chi connectivity index (χ1) is 24.1. The third-order valence-corrected chi connectivity index (χ3v) is 9.65. The van der Waals surface area contributed by atoms with Gasteiger partial charge in [0.15, 0.2) is 0 Å². The van der Waals surface area contributed by atoms with Gasteiger partial charge in [-0.05, 0) is 112 Å². The molecule has 0 aliphatic heterocycles. The maximum absolute atomic E-state index is 4.36. The molecule has 232 valence electrons. The second-order valence-corrected chi connectivity index (χ2v) is 12.8. The van der Waals surface area contributed by atoms with Gasteiger partial charge in [0, 0.05) is 45.6 Å². The minimum atomic E-state index is 1.02. The van der Waals surface area contributed by atoms with E-state index in [2.05, 4.69) is 166 Å². The summed E-state index contributed by atoms with van der Waals surface area (Å²) in [6.45, 7) is 4.06. The van der Waals surface area contributed by atoms with Crippen LogP contribution in [0.25, 0.3) is 82.8 Å². The van der Waals surface area contributed by atoms with Crippen molar-refractivity contribution in [1.82, 2.24) is 14.5 Å². The van der Waals surface area contributed by atoms with E-state index in [4.69, 9.17) is 0 Å². The van der Waals surface area contributed by atoms with Crippen molar-refractivity contribution in [3.63, 3.8) is 0 Å². The summed E-state index contributed by atoms with van der Waals surface area (Å²) in [5, 5.41) is 4.97. The average molecular weight is 628 g/mol. The van der Waals surface area contributed by atoms with Crippen LogP contribution in [0.2, 0.25) is 0 Å². The van der Waals surface area contributed by atoms with Gasteiger partial charge in [-0.1, -0.05) is 103 Å². The Bertz CT molecular complexity index is 2650. The van der Waals surface area contributed by atoms with E-state index in [1.807, 2.05) is 26.2 Å². The summed E-state index contributed by atoms with van der Waals surface area (Å²) in [4.78, 5) is 8.71. The molecule has 0 atom stereocenters. The van der Waals surface area contributed by atoms with E-state index < -0.39 is 0 Å². The molecule has 6 aromatic carbocycles. The number of aryl methyl sites for hydroxylation is 2. The number of aromatic nitrogens is 3. The molecule has 0 unspecified atom stereocenters. The minimum Gasteiger partial charge on any atom is -0.309 e. The van der Waals surface area contributed by atoms with Gasteiger partial charge in [0.05, 0.1) is 11.0 Å². The van der Waals surface area contributed by atoms with E-state index in [-0.39, 0.29) is 0 Å². The zero-order chi connectivity index (χ0) is 32.9. The number of nitrogens with zero attached hydrogens (tertiary/aromatic N) is 3. The molecular formula is C46H33N3. The van der Waals surface area contributed by atoms with E-state index in [9.17, 15) is 0 Å². The highest BCUT2D eigenvalue weighted by Gasteiger charge is 2.16. The first kappa shape index (κ1) is 28.9. The summed E-state index contributed by atoms with van der Waals surface area (Å²) in [6, 6.07) is 55.2. The predicted octanol–water partition coefficient (Wildman–Crippen LogP) is 12.0. The van der Waals surface area contributed by atoms with Crippen LogP contribution in [0.5, 0.6) is 0 Å². The first-order valence-electron chi connectivity index (χ1n) is 16.7. The Labute approximate surface area is 285 Å². The summed E-state index contributed by atoms with van der Waals surface area (Å²) < 4.78 is 2.44. The molecule has 3 heteroatoms. The molecule has 9 aromatic rings. The molecule has 0 amide bonds. The zero-order valence-corrected chi connectivity index (χ0v) is 27.4. The largest absolute Gasteiger partial charge is 0.309 e. The lowest BCUT2D eigenvalue weighted by molar-refractivity contribution is 1.19. The Morgan fingerprint density at radius 1 is 0.388 bits per heavy atom. The summed E-state index contributed by atoms with van der Waals surface area (Å²) in [5.41, 5.74) is 15.2. The smallest absolute Gasteiger partial charge is 0.0619 e. The quantitative estimate of drug-likeness (QED) is 0.190. The van der Waals surface area contributed by atoms with Gasteiger partial charge in [-0.3, -0.25) is 9.97 Å². The van der Waals surface area contributed by atoms with Gasteiger partial charge in [0.25, 0.3) is 0 Å². The molecule has 3 heterocycles. The van der Waals surface area contributed by atoms with Crippen molar-refractivity contribution >= 4 is 32.6 Å². The molecular weight excluding hydrogens is 595 g/mol. The number of rotatable bonds is 5. The fourth-order valence-electron chi connectivity index (χ4n) is 7.20. The molecule has 0 fully saturated rings. The van der Waals surface area contributed by atoms with Crippen molar-refractivity contribution in [2.24, 2.45) is 0 Å². The number of fused-ring (bicyclic) bond motifs is 5. The number of para-hydroxylation sites is 1. The summed E-state index contributed by atoms with van der Waals surface area (Å²) in [7, 11) is 0. The Morgan fingerprint density at radius 2 is 0.857 bits per heavy atom. The Balaban J connectivity index is 1.16. The van der Waals surface area contributed by atoms with Crippen molar-refractivity contribution in [2.45, 2.75) is 13.8 Å². The van der Waals surface area contributed by atoms with Crippen LogP contribution in [0.15, 0.2) is 164 Å². The normalized spacial score (nSPS) is 11.5. The molecule has 0 aliphatic rings. The van der Waals surface area contributed by atoms with Crippen molar-refractivity contribution in [2.75, 3.05) is 0 Å². The van der Waals surface area contributed by atoms with Crippen molar-refractivity contribution in [3.8, 4) is 50.2 Å². The first-order valence-corrected chi connectivity index (χ1v) is 16.7. The SMILES string of the molecule is Cc1cc(-c2ccc(-c3ccc4c(ccc5c6ccc(-c7ccc(-c8ccnc(C)c8)cc7)cc6n(-c6ccccc6)c45)c3)cc2)ccn1. The number of pyridine rings is 2. The van der Waals surface area contributed by atoms with E-state index in [0.717, 1.165) is 17.1 Å². The van der Waals surface area contributed by atoms with Crippen LogP contribution >= 0.6 is 0 Å². The highest BCUT2D eigenvalue weighted by molar-refractivity contribution is 6.19. The van der Waals surface area contributed by atoms with Crippen LogP contribution < -0.4 is 0 Å².